The maximum Gasteiger partial charge on any atom is 0.422 e. The van der Waals surface area contributed by atoms with Gasteiger partial charge in [0.05, 0.1) is 5.69 Å². The van der Waals surface area contributed by atoms with Crippen LogP contribution in [0.4, 0.5) is 13.2 Å². The summed E-state index contributed by atoms with van der Waals surface area (Å²) in [4.78, 5) is 7.84. The van der Waals surface area contributed by atoms with E-state index in [1.54, 1.807) is 0 Å². The van der Waals surface area contributed by atoms with Gasteiger partial charge in [0.2, 0.25) is 0 Å². The van der Waals surface area contributed by atoms with Gasteiger partial charge in [0.25, 0.3) is 5.19 Å². The first-order chi connectivity index (χ1) is 11.5. The van der Waals surface area contributed by atoms with E-state index < -0.39 is 12.8 Å². The minimum absolute atomic E-state index is 0.160. The van der Waals surface area contributed by atoms with Crippen molar-refractivity contribution in [3.63, 3.8) is 0 Å². The van der Waals surface area contributed by atoms with Gasteiger partial charge >= 0.3 is 6.18 Å². The molecule has 0 aromatic carbocycles. The molecule has 136 valence electrons. The van der Waals surface area contributed by atoms with Crippen LogP contribution in [-0.4, -0.2) is 42.3 Å². The molecule has 1 aromatic rings. The molecule has 1 aliphatic carbocycles. The van der Waals surface area contributed by atoms with E-state index in [-0.39, 0.29) is 5.19 Å². The van der Waals surface area contributed by atoms with Crippen molar-refractivity contribution >= 4 is 11.3 Å². The smallest absolute Gasteiger partial charge is 0.422 e. The van der Waals surface area contributed by atoms with Crippen LogP contribution < -0.4 is 4.74 Å². The van der Waals surface area contributed by atoms with Crippen molar-refractivity contribution in [2.24, 2.45) is 5.92 Å². The summed E-state index contributed by atoms with van der Waals surface area (Å²) in [6.07, 6.45) is 5.56. The minimum Gasteiger partial charge on any atom is -0.460 e. The van der Waals surface area contributed by atoms with Gasteiger partial charge in [0.1, 0.15) is 0 Å². The van der Waals surface area contributed by atoms with Crippen LogP contribution in [0.2, 0.25) is 0 Å². The largest absolute Gasteiger partial charge is 0.460 e. The monoisotopic (exact) mass is 362 g/mol. The standard InChI is InChI=1S/C17H25F3N2OS/c18-17(19,20)12-23-16-21-14-7-10-22(11-8-15(14)24-16)9-6-13-4-2-1-3-5-13/h13H,1-12H2. The van der Waals surface area contributed by atoms with Crippen LogP contribution in [0.25, 0.3) is 0 Å². The first-order valence-corrected chi connectivity index (χ1v) is 9.72. The number of ether oxygens (including phenoxy) is 1. The van der Waals surface area contributed by atoms with Crippen LogP contribution >= 0.6 is 11.3 Å². The van der Waals surface area contributed by atoms with Crippen molar-refractivity contribution in [1.29, 1.82) is 0 Å². The fourth-order valence-corrected chi connectivity index (χ4v) is 4.60. The SMILES string of the molecule is FC(F)(F)COc1nc2c(s1)CCN(CCC1CCCCC1)CC2. The van der Waals surface area contributed by atoms with Crippen molar-refractivity contribution in [3.8, 4) is 5.19 Å². The first kappa shape index (κ1) is 18.0. The highest BCUT2D eigenvalue weighted by Crippen LogP contribution is 2.30. The lowest BCUT2D eigenvalue weighted by Gasteiger charge is -2.26. The van der Waals surface area contributed by atoms with Gasteiger partial charge in [-0.3, -0.25) is 0 Å². The predicted octanol–water partition coefficient (Wildman–Crippen LogP) is 4.46. The Hall–Kier alpha value is -0.820. The van der Waals surface area contributed by atoms with Crippen LogP contribution in [0, 0.1) is 5.92 Å². The molecule has 0 N–H and O–H groups in total. The molecule has 2 heterocycles. The van der Waals surface area contributed by atoms with Crippen LogP contribution in [0.1, 0.15) is 49.1 Å². The van der Waals surface area contributed by atoms with Crippen LogP contribution in [0.15, 0.2) is 0 Å². The Kier molecular flexibility index (Phi) is 6.02. The summed E-state index contributed by atoms with van der Waals surface area (Å²) in [6.45, 7) is 1.80. The molecule has 2 aliphatic rings. The second-order valence-electron chi connectivity index (χ2n) is 6.89. The molecular formula is C17H25F3N2OS. The van der Waals surface area contributed by atoms with Gasteiger partial charge in [-0.15, -0.1) is 0 Å². The number of fused-ring (bicyclic) bond motifs is 1. The van der Waals surface area contributed by atoms with E-state index in [2.05, 4.69) is 9.88 Å². The first-order valence-electron chi connectivity index (χ1n) is 8.90. The quantitative estimate of drug-likeness (QED) is 0.773. The summed E-state index contributed by atoms with van der Waals surface area (Å²) in [5.41, 5.74) is 0.928. The Morgan fingerprint density at radius 2 is 1.88 bits per heavy atom. The maximum atomic E-state index is 12.2. The van der Waals surface area contributed by atoms with E-state index in [4.69, 9.17) is 4.74 Å². The van der Waals surface area contributed by atoms with Gasteiger partial charge in [-0.1, -0.05) is 43.4 Å². The van der Waals surface area contributed by atoms with Gasteiger partial charge < -0.3 is 9.64 Å². The summed E-state index contributed by atoms with van der Waals surface area (Å²) < 4.78 is 41.5. The number of rotatable bonds is 5. The molecule has 24 heavy (non-hydrogen) atoms. The molecule has 0 unspecified atom stereocenters. The lowest BCUT2D eigenvalue weighted by Crippen LogP contribution is -2.29. The average Bonchev–Trinajstić information content (AvgIpc) is 2.85. The third-order valence-corrected chi connectivity index (χ3v) is 6.09. The molecule has 3 nitrogen and oxygen atoms in total. The predicted molar refractivity (Wildman–Crippen MR) is 88.7 cm³/mol. The zero-order valence-electron chi connectivity index (χ0n) is 13.9. The van der Waals surface area contributed by atoms with Gasteiger partial charge in [-0.2, -0.15) is 13.2 Å². The Bertz CT molecular complexity index is 501. The number of halogens is 3. The summed E-state index contributed by atoms with van der Waals surface area (Å²) in [7, 11) is 0. The molecule has 0 radical (unpaired) electrons. The van der Waals surface area contributed by atoms with Crippen molar-refractivity contribution in [2.45, 2.75) is 57.5 Å². The van der Waals surface area contributed by atoms with Crippen LogP contribution in [-0.2, 0) is 12.8 Å². The van der Waals surface area contributed by atoms with Gasteiger partial charge in [0, 0.05) is 24.4 Å². The van der Waals surface area contributed by atoms with E-state index in [0.717, 1.165) is 49.0 Å². The van der Waals surface area contributed by atoms with Crippen molar-refractivity contribution in [3.05, 3.63) is 10.6 Å². The molecule has 7 heteroatoms. The fourth-order valence-electron chi connectivity index (χ4n) is 3.66. The van der Waals surface area contributed by atoms with Crippen molar-refractivity contribution in [1.82, 2.24) is 9.88 Å². The van der Waals surface area contributed by atoms with Gasteiger partial charge in [-0.05, 0) is 25.3 Å². The maximum absolute atomic E-state index is 12.2. The minimum atomic E-state index is -4.31. The summed E-state index contributed by atoms with van der Waals surface area (Å²) in [5, 5.41) is 0.160. The lowest BCUT2D eigenvalue weighted by atomic mass is 9.87. The second-order valence-corrected chi connectivity index (χ2v) is 7.93. The van der Waals surface area contributed by atoms with E-state index >= 15 is 0 Å². The molecule has 1 saturated carbocycles. The van der Waals surface area contributed by atoms with E-state index in [9.17, 15) is 13.2 Å². The van der Waals surface area contributed by atoms with E-state index in [1.807, 2.05) is 0 Å². The third kappa shape index (κ3) is 5.34. The molecular weight excluding hydrogens is 337 g/mol. The molecule has 1 aliphatic heterocycles. The highest BCUT2D eigenvalue weighted by molar-refractivity contribution is 7.13. The molecule has 0 bridgehead atoms. The van der Waals surface area contributed by atoms with E-state index in [0.29, 0.717) is 0 Å². The molecule has 0 spiro atoms. The summed E-state index contributed by atoms with van der Waals surface area (Å²) in [5.74, 6) is 0.886. The molecule has 1 fully saturated rings. The number of nitrogens with zero attached hydrogens (tertiary/aromatic N) is 2. The van der Waals surface area contributed by atoms with Gasteiger partial charge in [0.15, 0.2) is 6.61 Å². The highest BCUT2D eigenvalue weighted by atomic mass is 32.1. The Morgan fingerprint density at radius 1 is 1.12 bits per heavy atom. The molecule has 0 amide bonds. The normalized spacial score (nSPS) is 20.6. The summed E-state index contributed by atoms with van der Waals surface area (Å²) in [6, 6.07) is 0. The van der Waals surface area contributed by atoms with Crippen LogP contribution in [0.5, 0.6) is 5.19 Å². The van der Waals surface area contributed by atoms with Gasteiger partial charge in [-0.25, -0.2) is 4.98 Å². The Morgan fingerprint density at radius 3 is 2.62 bits per heavy atom. The average molecular weight is 362 g/mol. The number of aromatic nitrogens is 1. The highest BCUT2D eigenvalue weighted by Gasteiger charge is 2.29. The van der Waals surface area contributed by atoms with Crippen LogP contribution in [0.3, 0.4) is 0 Å². The number of hydrogen-bond acceptors (Lipinski definition) is 4. The van der Waals surface area contributed by atoms with Crippen molar-refractivity contribution in [2.75, 3.05) is 26.2 Å². The fraction of sp³-hybridized carbons (Fsp3) is 0.824. The Balaban J connectivity index is 1.46. The zero-order valence-corrected chi connectivity index (χ0v) is 14.7. The Labute approximate surface area is 145 Å². The zero-order chi connectivity index (χ0) is 17.0. The van der Waals surface area contributed by atoms with Crippen molar-refractivity contribution < 1.29 is 17.9 Å². The molecule has 0 saturated heterocycles. The third-order valence-electron chi connectivity index (χ3n) is 5.02. The second kappa shape index (κ2) is 8.04. The van der Waals surface area contributed by atoms with E-state index in [1.165, 1.54) is 49.9 Å². The number of alkyl halides is 3. The molecule has 3 rings (SSSR count). The molecule has 0 atom stereocenters. The summed E-state index contributed by atoms with van der Waals surface area (Å²) >= 11 is 1.28. The number of thiazole rings is 1. The lowest BCUT2D eigenvalue weighted by molar-refractivity contribution is -0.153. The topological polar surface area (TPSA) is 25.4 Å². The molecule has 1 aromatic heterocycles. The number of hydrogen-bond donors (Lipinski definition) is 0.